The van der Waals surface area contributed by atoms with Crippen LogP contribution in [-0.4, -0.2) is 49.5 Å². The molecule has 3 rings (SSSR count). The van der Waals surface area contributed by atoms with E-state index >= 15 is 0 Å². The molecule has 0 aromatic heterocycles. The van der Waals surface area contributed by atoms with Crippen molar-refractivity contribution in [1.82, 2.24) is 20.9 Å². The van der Waals surface area contributed by atoms with Crippen LogP contribution in [-0.2, 0) is 13.1 Å². The molecule has 1 heterocycles. The number of hydrogen-bond donors (Lipinski definition) is 3. The van der Waals surface area contributed by atoms with Crippen LogP contribution in [0.3, 0.4) is 0 Å². The molecule has 2 unspecified atom stereocenters. The zero-order chi connectivity index (χ0) is 21.3. The van der Waals surface area contributed by atoms with Crippen LogP contribution in [0.25, 0.3) is 0 Å². The van der Waals surface area contributed by atoms with Gasteiger partial charge in [-0.2, -0.15) is 0 Å². The van der Waals surface area contributed by atoms with Crippen LogP contribution in [0.2, 0.25) is 0 Å². The molecule has 2 atom stereocenters. The fourth-order valence-corrected chi connectivity index (χ4v) is 3.95. The molecule has 0 radical (unpaired) electrons. The maximum atomic E-state index is 11.8. The van der Waals surface area contributed by atoms with E-state index in [2.05, 4.69) is 63.1 Å². The van der Waals surface area contributed by atoms with Crippen LogP contribution in [0.4, 0.5) is 0 Å². The number of nitrogens with zero attached hydrogens (tertiary/aromatic N) is 2. The smallest absolute Gasteiger partial charge is 0.251 e. The predicted octanol–water partition coefficient (Wildman–Crippen LogP) is 2.76. The second kappa shape index (κ2) is 10.8. The van der Waals surface area contributed by atoms with Crippen molar-refractivity contribution < 1.29 is 4.79 Å². The third-order valence-electron chi connectivity index (χ3n) is 5.68. The zero-order valence-electron chi connectivity index (χ0n) is 18.2. The quantitative estimate of drug-likeness (QED) is 0.509. The van der Waals surface area contributed by atoms with Crippen molar-refractivity contribution >= 4 is 11.9 Å². The van der Waals surface area contributed by atoms with Crippen molar-refractivity contribution in [3.05, 3.63) is 71.3 Å². The van der Waals surface area contributed by atoms with Gasteiger partial charge in [-0.1, -0.05) is 42.5 Å². The normalized spacial score (nSPS) is 19.9. The van der Waals surface area contributed by atoms with Gasteiger partial charge in [0.15, 0.2) is 5.96 Å². The van der Waals surface area contributed by atoms with E-state index < -0.39 is 0 Å². The van der Waals surface area contributed by atoms with E-state index in [9.17, 15) is 4.79 Å². The first-order valence-electron chi connectivity index (χ1n) is 10.6. The SMILES string of the molecule is CN=C(NCc1cccc(C(=O)NC)c1)NC1CCN(Cc2ccccc2)C(C)C1. The number of hydrogen-bond acceptors (Lipinski definition) is 3. The molecule has 160 valence electrons. The van der Waals surface area contributed by atoms with Gasteiger partial charge in [-0.3, -0.25) is 14.7 Å². The first kappa shape index (κ1) is 21.8. The van der Waals surface area contributed by atoms with Crippen LogP contribution >= 0.6 is 0 Å². The summed E-state index contributed by atoms with van der Waals surface area (Å²) in [5, 5.41) is 9.61. The molecule has 0 spiro atoms. The number of aliphatic imine (C=N–C) groups is 1. The summed E-state index contributed by atoms with van der Waals surface area (Å²) in [5.41, 5.74) is 3.08. The maximum Gasteiger partial charge on any atom is 0.251 e. The van der Waals surface area contributed by atoms with Crippen molar-refractivity contribution in [2.24, 2.45) is 4.99 Å². The standard InChI is InChI=1S/C24H33N5O/c1-18-14-22(12-13-29(18)17-19-8-5-4-6-9-19)28-24(26-3)27-16-20-10-7-11-21(15-20)23(30)25-2/h4-11,15,18,22H,12-14,16-17H2,1-3H3,(H,25,30)(H2,26,27,28). The van der Waals surface area contributed by atoms with Crippen molar-refractivity contribution in [2.45, 2.75) is 44.9 Å². The van der Waals surface area contributed by atoms with E-state index in [-0.39, 0.29) is 5.91 Å². The average Bonchev–Trinajstić information content (AvgIpc) is 2.78. The third-order valence-corrected chi connectivity index (χ3v) is 5.68. The highest BCUT2D eigenvalue weighted by Gasteiger charge is 2.25. The number of likely N-dealkylation sites (tertiary alicyclic amines) is 1. The lowest BCUT2D eigenvalue weighted by Gasteiger charge is -2.38. The number of rotatable bonds is 6. The molecule has 1 aliphatic rings. The number of amides is 1. The summed E-state index contributed by atoms with van der Waals surface area (Å²) >= 11 is 0. The summed E-state index contributed by atoms with van der Waals surface area (Å²) in [4.78, 5) is 18.8. The Balaban J connectivity index is 1.49. The molecule has 0 saturated carbocycles. The number of nitrogens with one attached hydrogen (secondary N) is 3. The molecular weight excluding hydrogens is 374 g/mol. The first-order chi connectivity index (χ1) is 14.6. The summed E-state index contributed by atoms with van der Waals surface area (Å²) in [6, 6.07) is 19.2. The third kappa shape index (κ3) is 6.07. The molecule has 3 N–H and O–H groups in total. The Morgan fingerprint density at radius 1 is 1.13 bits per heavy atom. The highest BCUT2D eigenvalue weighted by molar-refractivity contribution is 5.94. The molecule has 1 saturated heterocycles. The number of guanidine groups is 1. The Bertz CT molecular complexity index is 852. The van der Waals surface area contributed by atoms with Gasteiger partial charge in [0, 0.05) is 51.4 Å². The Kier molecular flexibility index (Phi) is 7.85. The minimum absolute atomic E-state index is 0.0735. The van der Waals surface area contributed by atoms with E-state index in [1.807, 2.05) is 24.3 Å². The molecule has 2 aromatic carbocycles. The summed E-state index contributed by atoms with van der Waals surface area (Å²) in [7, 11) is 3.44. The Morgan fingerprint density at radius 3 is 2.60 bits per heavy atom. The van der Waals surface area contributed by atoms with Gasteiger partial charge >= 0.3 is 0 Å². The van der Waals surface area contributed by atoms with Gasteiger partial charge in [-0.25, -0.2) is 0 Å². The van der Waals surface area contributed by atoms with Crippen molar-refractivity contribution in [3.8, 4) is 0 Å². The highest BCUT2D eigenvalue weighted by atomic mass is 16.1. The monoisotopic (exact) mass is 407 g/mol. The number of carbonyl (C=O) groups is 1. The second-order valence-electron chi connectivity index (χ2n) is 7.88. The Labute approximate surface area is 179 Å². The van der Waals surface area contributed by atoms with E-state index in [1.165, 1.54) is 5.56 Å². The van der Waals surface area contributed by atoms with Gasteiger partial charge < -0.3 is 16.0 Å². The fraction of sp³-hybridized carbons (Fsp3) is 0.417. The van der Waals surface area contributed by atoms with Crippen LogP contribution in [0, 0.1) is 0 Å². The molecule has 0 bridgehead atoms. The van der Waals surface area contributed by atoms with Crippen LogP contribution < -0.4 is 16.0 Å². The lowest BCUT2D eigenvalue weighted by atomic mass is 9.97. The van der Waals surface area contributed by atoms with E-state index in [4.69, 9.17) is 0 Å². The van der Waals surface area contributed by atoms with Gasteiger partial charge in [0.1, 0.15) is 0 Å². The zero-order valence-corrected chi connectivity index (χ0v) is 18.2. The highest BCUT2D eigenvalue weighted by Crippen LogP contribution is 2.20. The molecule has 1 amide bonds. The molecule has 0 aliphatic carbocycles. The minimum Gasteiger partial charge on any atom is -0.355 e. The molecular formula is C24H33N5O. The Hall–Kier alpha value is -2.86. The maximum absolute atomic E-state index is 11.8. The van der Waals surface area contributed by atoms with Gasteiger partial charge in [-0.05, 0) is 43.0 Å². The fourth-order valence-electron chi connectivity index (χ4n) is 3.95. The van der Waals surface area contributed by atoms with Crippen LogP contribution in [0.15, 0.2) is 59.6 Å². The topological polar surface area (TPSA) is 68.8 Å². The Morgan fingerprint density at radius 2 is 1.90 bits per heavy atom. The van der Waals surface area contributed by atoms with Gasteiger partial charge in [-0.15, -0.1) is 0 Å². The summed E-state index contributed by atoms with van der Waals surface area (Å²) in [5.74, 6) is 0.727. The number of piperidine rings is 1. The largest absolute Gasteiger partial charge is 0.355 e. The summed E-state index contributed by atoms with van der Waals surface area (Å²) in [6.07, 6.45) is 2.17. The van der Waals surface area contributed by atoms with Gasteiger partial charge in [0.05, 0.1) is 0 Å². The molecule has 6 heteroatoms. The molecule has 2 aromatic rings. The van der Waals surface area contributed by atoms with Crippen LogP contribution in [0.1, 0.15) is 41.3 Å². The van der Waals surface area contributed by atoms with E-state index in [1.54, 1.807) is 14.1 Å². The second-order valence-corrected chi connectivity index (χ2v) is 7.88. The molecule has 1 fully saturated rings. The molecule has 1 aliphatic heterocycles. The van der Waals surface area contributed by atoms with E-state index in [0.717, 1.165) is 37.5 Å². The molecule has 30 heavy (non-hydrogen) atoms. The van der Waals surface area contributed by atoms with Crippen molar-refractivity contribution in [2.75, 3.05) is 20.6 Å². The minimum atomic E-state index is -0.0735. The van der Waals surface area contributed by atoms with Crippen molar-refractivity contribution in [3.63, 3.8) is 0 Å². The number of benzene rings is 2. The van der Waals surface area contributed by atoms with Crippen molar-refractivity contribution in [1.29, 1.82) is 0 Å². The molecule has 6 nitrogen and oxygen atoms in total. The van der Waals surface area contributed by atoms with Gasteiger partial charge in [0.2, 0.25) is 0 Å². The number of carbonyl (C=O) groups excluding carboxylic acids is 1. The lowest BCUT2D eigenvalue weighted by molar-refractivity contribution is 0.0963. The average molecular weight is 408 g/mol. The van der Waals surface area contributed by atoms with Gasteiger partial charge in [0.25, 0.3) is 5.91 Å². The summed E-state index contributed by atoms with van der Waals surface area (Å²) < 4.78 is 0. The first-order valence-corrected chi connectivity index (χ1v) is 10.6. The van der Waals surface area contributed by atoms with E-state index in [0.29, 0.717) is 24.2 Å². The lowest BCUT2D eigenvalue weighted by Crippen LogP contribution is -2.51. The van der Waals surface area contributed by atoms with Crippen LogP contribution in [0.5, 0.6) is 0 Å². The summed E-state index contributed by atoms with van der Waals surface area (Å²) in [6.45, 7) is 4.99. The predicted molar refractivity (Wildman–Crippen MR) is 123 cm³/mol.